The first kappa shape index (κ1) is 21.4. The predicted octanol–water partition coefficient (Wildman–Crippen LogP) is 4.46. The number of amides is 2. The minimum atomic E-state index is -4.83. The smallest absolute Gasteiger partial charge is 0.406 e. The number of aromatic nitrogens is 1. The first-order chi connectivity index (χ1) is 15.6. The van der Waals surface area contributed by atoms with Crippen LogP contribution in [0, 0.1) is 5.82 Å². The van der Waals surface area contributed by atoms with Crippen molar-refractivity contribution in [3.05, 3.63) is 59.5 Å². The van der Waals surface area contributed by atoms with Gasteiger partial charge in [-0.15, -0.1) is 13.2 Å². The van der Waals surface area contributed by atoms with Gasteiger partial charge in [0, 0.05) is 29.2 Å². The van der Waals surface area contributed by atoms with E-state index in [1.165, 1.54) is 24.3 Å². The topological polar surface area (TPSA) is 65.6 Å². The molecule has 2 aliphatic heterocycles. The first-order valence-electron chi connectivity index (χ1n) is 10.4. The molecule has 1 aromatic heterocycles. The summed E-state index contributed by atoms with van der Waals surface area (Å²) >= 11 is 0. The molecule has 10 heteroatoms. The maximum atomic E-state index is 13.7. The zero-order valence-corrected chi connectivity index (χ0v) is 17.4. The summed E-state index contributed by atoms with van der Waals surface area (Å²) in [5.74, 6) is -1.61. The van der Waals surface area contributed by atoms with E-state index in [1.807, 2.05) is 11.8 Å². The molecule has 3 aromatic rings. The number of anilines is 1. The molecule has 1 N–H and O–H groups in total. The van der Waals surface area contributed by atoms with E-state index < -0.39 is 30.0 Å². The number of hydrogen-bond donors (Lipinski definition) is 1. The molecular weight excluding hydrogens is 442 g/mol. The lowest BCUT2D eigenvalue weighted by Gasteiger charge is -2.36. The van der Waals surface area contributed by atoms with Crippen LogP contribution in [0.15, 0.2) is 42.5 Å². The second kappa shape index (κ2) is 7.58. The number of carbonyl (C=O) groups is 2. The molecule has 2 aliphatic rings. The Morgan fingerprint density at radius 1 is 1.09 bits per heavy atom. The zero-order chi connectivity index (χ0) is 23.5. The number of imide groups is 1. The minimum absolute atomic E-state index is 0.0336. The van der Waals surface area contributed by atoms with Gasteiger partial charge in [-0.25, -0.2) is 9.29 Å². The standard InChI is InChI=1S/C23H19F4N3O3/c1-12-21-16(17-10-13(24)2-7-18(17)28-21)8-9-29(12)19-11-20(31)30(22(19)32)14-3-5-15(6-4-14)33-23(25,26)27/h2-7,10,12,19,28H,8-9,11H2,1H3. The summed E-state index contributed by atoms with van der Waals surface area (Å²) in [5, 5.41) is 0.813. The van der Waals surface area contributed by atoms with Crippen molar-refractivity contribution < 1.29 is 31.9 Å². The number of rotatable bonds is 3. The van der Waals surface area contributed by atoms with Gasteiger partial charge < -0.3 is 9.72 Å². The average Bonchev–Trinajstić information content (AvgIpc) is 3.25. The van der Waals surface area contributed by atoms with Crippen molar-refractivity contribution in [2.75, 3.05) is 11.4 Å². The Kier molecular flexibility index (Phi) is 4.93. The van der Waals surface area contributed by atoms with Crippen molar-refractivity contribution in [3.8, 4) is 5.75 Å². The van der Waals surface area contributed by atoms with Crippen LogP contribution in [0.3, 0.4) is 0 Å². The van der Waals surface area contributed by atoms with Crippen LogP contribution in [0.25, 0.3) is 10.9 Å². The van der Waals surface area contributed by atoms with Crippen molar-refractivity contribution in [3.63, 3.8) is 0 Å². The molecule has 2 aromatic carbocycles. The normalized spacial score (nSPS) is 21.7. The van der Waals surface area contributed by atoms with Crippen LogP contribution in [-0.4, -0.2) is 40.6 Å². The van der Waals surface area contributed by atoms with Gasteiger partial charge in [0.05, 0.1) is 18.2 Å². The molecule has 0 saturated carbocycles. The Morgan fingerprint density at radius 2 is 1.82 bits per heavy atom. The number of fused-ring (bicyclic) bond motifs is 3. The lowest BCUT2D eigenvalue weighted by Crippen LogP contribution is -2.46. The molecule has 6 nitrogen and oxygen atoms in total. The molecule has 0 aliphatic carbocycles. The summed E-state index contributed by atoms with van der Waals surface area (Å²) in [4.78, 5) is 32.2. The molecule has 3 heterocycles. The van der Waals surface area contributed by atoms with Crippen LogP contribution in [0.2, 0.25) is 0 Å². The fourth-order valence-corrected chi connectivity index (χ4v) is 4.84. The first-order valence-corrected chi connectivity index (χ1v) is 10.4. The van der Waals surface area contributed by atoms with Gasteiger partial charge in [-0.05, 0) is 61.4 Å². The number of nitrogens with zero attached hydrogens (tertiary/aromatic N) is 2. The molecule has 2 unspecified atom stereocenters. The number of aromatic amines is 1. The summed E-state index contributed by atoms with van der Waals surface area (Å²) in [7, 11) is 0. The fraction of sp³-hybridized carbons (Fsp3) is 0.304. The van der Waals surface area contributed by atoms with E-state index in [0.29, 0.717) is 13.0 Å². The molecule has 172 valence electrons. The van der Waals surface area contributed by atoms with Crippen LogP contribution in [-0.2, 0) is 16.0 Å². The Bertz CT molecular complexity index is 1250. The molecule has 0 bridgehead atoms. The summed E-state index contributed by atoms with van der Waals surface area (Å²) in [5.41, 5.74) is 2.89. The van der Waals surface area contributed by atoms with Crippen LogP contribution >= 0.6 is 0 Å². The van der Waals surface area contributed by atoms with Crippen LogP contribution in [0.1, 0.15) is 30.6 Å². The van der Waals surface area contributed by atoms with E-state index in [-0.39, 0.29) is 24.0 Å². The van der Waals surface area contributed by atoms with Gasteiger partial charge in [-0.1, -0.05) is 0 Å². The van der Waals surface area contributed by atoms with E-state index >= 15 is 0 Å². The molecule has 2 amide bonds. The quantitative estimate of drug-likeness (QED) is 0.462. The Morgan fingerprint density at radius 3 is 2.52 bits per heavy atom. The molecule has 33 heavy (non-hydrogen) atoms. The maximum absolute atomic E-state index is 13.7. The number of carbonyl (C=O) groups excluding carboxylic acids is 2. The van der Waals surface area contributed by atoms with Crippen LogP contribution in [0.4, 0.5) is 23.2 Å². The molecule has 5 rings (SSSR count). The van der Waals surface area contributed by atoms with E-state index in [2.05, 4.69) is 9.72 Å². The highest BCUT2D eigenvalue weighted by Crippen LogP contribution is 2.38. The number of nitrogens with one attached hydrogen (secondary N) is 1. The van der Waals surface area contributed by atoms with E-state index in [1.54, 1.807) is 6.07 Å². The van der Waals surface area contributed by atoms with E-state index in [0.717, 1.165) is 39.2 Å². The number of halogens is 4. The molecule has 0 spiro atoms. The lowest BCUT2D eigenvalue weighted by molar-refractivity contribution is -0.274. The predicted molar refractivity (Wildman–Crippen MR) is 111 cm³/mol. The summed E-state index contributed by atoms with van der Waals surface area (Å²) < 4.78 is 54.7. The number of ether oxygens (including phenoxy) is 1. The molecule has 2 atom stereocenters. The number of benzene rings is 2. The van der Waals surface area contributed by atoms with Gasteiger partial charge in [0.2, 0.25) is 5.91 Å². The number of hydrogen-bond acceptors (Lipinski definition) is 4. The molecular formula is C23H19F4N3O3. The van der Waals surface area contributed by atoms with Gasteiger partial charge in [0.1, 0.15) is 11.6 Å². The summed E-state index contributed by atoms with van der Waals surface area (Å²) in [6, 6.07) is 8.28. The number of H-pyrrole nitrogens is 1. The van der Waals surface area contributed by atoms with Crippen molar-refractivity contribution in [2.24, 2.45) is 0 Å². The third-order valence-electron chi connectivity index (χ3n) is 6.29. The van der Waals surface area contributed by atoms with E-state index in [9.17, 15) is 27.2 Å². The van der Waals surface area contributed by atoms with Crippen molar-refractivity contribution in [1.29, 1.82) is 0 Å². The summed E-state index contributed by atoms with van der Waals surface area (Å²) in [6.45, 7) is 2.43. The summed E-state index contributed by atoms with van der Waals surface area (Å²) in [6.07, 6.45) is -4.28. The van der Waals surface area contributed by atoms with Gasteiger partial charge in [0.25, 0.3) is 5.91 Å². The lowest BCUT2D eigenvalue weighted by atomic mass is 9.96. The Balaban J connectivity index is 1.38. The zero-order valence-electron chi connectivity index (χ0n) is 17.4. The second-order valence-corrected chi connectivity index (χ2v) is 8.20. The van der Waals surface area contributed by atoms with Crippen LogP contribution in [0.5, 0.6) is 5.75 Å². The average molecular weight is 461 g/mol. The second-order valence-electron chi connectivity index (χ2n) is 8.20. The Labute approximate surface area is 185 Å². The third-order valence-corrected chi connectivity index (χ3v) is 6.29. The highest BCUT2D eigenvalue weighted by molar-refractivity contribution is 6.22. The third kappa shape index (κ3) is 3.74. The highest BCUT2D eigenvalue weighted by Gasteiger charge is 2.45. The van der Waals surface area contributed by atoms with Crippen molar-refractivity contribution in [2.45, 2.75) is 38.2 Å². The van der Waals surface area contributed by atoms with Gasteiger partial charge in [-0.3, -0.25) is 14.5 Å². The van der Waals surface area contributed by atoms with Gasteiger partial charge >= 0.3 is 6.36 Å². The fourth-order valence-electron chi connectivity index (χ4n) is 4.84. The van der Waals surface area contributed by atoms with Crippen molar-refractivity contribution in [1.82, 2.24) is 9.88 Å². The Hall–Kier alpha value is -3.40. The molecule has 1 saturated heterocycles. The van der Waals surface area contributed by atoms with Crippen molar-refractivity contribution >= 4 is 28.4 Å². The molecule has 1 fully saturated rings. The highest BCUT2D eigenvalue weighted by atomic mass is 19.4. The minimum Gasteiger partial charge on any atom is -0.406 e. The monoisotopic (exact) mass is 461 g/mol. The number of alkyl halides is 3. The van der Waals surface area contributed by atoms with Gasteiger partial charge in [-0.2, -0.15) is 0 Å². The largest absolute Gasteiger partial charge is 0.573 e. The maximum Gasteiger partial charge on any atom is 0.573 e. The SMILES string of the molecule is CC1c2[nH]c3ccc(F)cc3c2CCN1C1CC(=O)N(c2ccc(OC(F)(F)F)cc2)C1=O. The van der Waals surface area contributed by atoms with E-state index in [4.69, 9.17) is 0 Å². The van der Waals surface area contributed by atoms with Gasteiger partial charge in [0.15, 0.2) is 0 Å². The van der Waals surface area contributed by atoms with Crippen LogP contribution < -0.4 is 9.64 Å². The molecule has 0 radical (unpaired) electrons.